The minimum Gasteiger partial charge on any atom is -0.452 e. The van der Waals surface area contributed by atoms with Gasteiger partial charge in [0.25, 0.3) is 5.91 Å². The molecule has 11 heteroatoms. The first-order chi connectivity index (χ1) is 15.0. The third kappa shape index (κ3) is 5.47. The zero-order valence-corrected chi connectivity index (χ0v) is 19.6. The molecule has 1 aromatic heterocycles. The molecule has 1 unspecified atom stereocenters. The second kappa shape index (κ2) is 9.58. The van der Waals surface area contributed by atoms with E-state index in [0.717, 1.165) is 0 Å². The van der Waals surface area contributed by atoms with Crippen LogP contribution in [0.4, 0.5) is 4.39 Å². The topological polar surface area (TPSA) is 98.6 Å². The number of aromatic nitrogens is 2. The predicted octanol–water partition coefficient (Wildman–Crippen LogP) is 2.80. The Hall–Kier alpha value is -2.46. The van der Waals surface area contributed by atoms with Crippen LogP contribution in [-0.4, -0.2) is 65.7 Å². The summed E-state index contributed by atoms with van der Waals surface area (Å²) in [6.45, 7) is 5.22. The Labute approximate surface area is 191 Å². The molecule has 174 valence electrons. The van der Waals surface area contributed by atoms with Crippen LogP contribution in [0.25, 0.3) is 5.69 Å². The van der Waals surface area contributed by atoms with Crippen molar-refractivity contribution in [2.75, 3.05) is 24.7 Å². The van der Waals surface area contributed by atoms with Crippen LogP contribution >= 0.6 is 11.6 Å². The van der Waals surface area contributed by atoms with E-state index >= 15 is 0 Å². The number of rotatable bonds is 7. The van der Waals surface area contributed by atoms with Crippen LogP contribution in [0.3, 0.4) is 0 Å². The summed E-state index contributed by atoms with van der Waals surface area (Å²) in [5, 5.41) is 4.19. The van der Waals surface area contributed by atoms with Crippen molar-refractivity contribution in [3.63, 3.8) is 0 Å². The van der Waals surface area contributed by atoms with E-state index in [1.807, 2.05) is 13.8 Å². The predicted molar refractivity (Wildman–Crippen MR) is 117 cm³/mol. The van der Waals surface area contributed by atoms with Crippen LogP contribution in [0.1, 0.15) is 36.3 Å². The van der Waals surface area contributed by atoms with Crippen LogP contribution in [0.2, 0.25) is 5.15 Å². The van der Waals surface area contributed by atoms with Gasteiger partial charge in [0.2, 0.25) is 0 Å². The molecule has 0 radical (unpaired) electrons. The number of aryl methyl sites for hydroxylation is 1. The fraction of sp³-hybridized carbons (Fsp3) is 0.476. The van der Waals surface area contributed by atoms with Crippen molar-refractivity contribution in [1.82, 2.24) is 14.7 Å². The van der Waals surface area contributed by atoms with Gasteiger partial charge in [-0.3, -0.25) is 4.79 Å². The maximum atomic E-state index is 13.2. The SMILES string of the molecule is Cc1nn(-c2ccc(F)cc2)c(Cl)c1C(=O)OCC(=O)N(CC(C)C)C1CCS(=O)(=O)C1. The molecule has 0 aliphatic carbocycles. The highest BCUT2D eigenvalue weighted by Crippen LogP contribution is 2.25. The number of amides is 1. The third-order valence-corrected chi connectivity index (χ3v) is 7.24. The van der Waals surface area contributed by atoms with Gasteiger partial charge >= 0.3 is 5.97 Å². The Morgan fingerprint density at radius 3 is 2.53 bits per heavy atom. The summed E-state index contributed by atoms with van der Waals surface area (Å²) in [4.78, 5) is 27.0. The van der Waals surface area contributed by atoms with E-state index in [1.165, 1.54) is 33.8 Å². The summed E-state index contributed by atoms with van der Waals surface area (Å²) in [5.74, 6) is -1.64. The average molecular weight is 486 g/mol. The molecule has 1 aromatic carbocycles. The smallest absolute Gasteiger partial charge is 0.343 e. The molecule has 0 saturated carbocycles. The van der Waals surface area contributed by atoms with Crippen molar-refractivity contribution < 1.29 is 27.1 Å². The Morgan fingerprint density at radius 1 is 1.31 bits per heavy atom. The second-order valence-electron chi connectivity index (χ2n) is 8.21. The highest BCUT2D eigenvalue weighted by molar-refractivity contribution is 7.91. The largest absolute Gasteiger partial charge is 0.452 e. The number of benzene rings is 1. The molecule has 2 heterocycles. The number of ether oxygens (including phenoxy) is 1. The third-order valence-electron chi connectivity index (χ3n) is 5.14. The molecule has 8 nitrogen and oxygen atoms in total. The lowest BCUT2D eigenvalue weighted by molar-refractivity contribution is -0.137. The monoisotopic (exact) mass is 485 g/mol. The molecule has 1 fully saturated rings. The maximum Gasteiger partial charge on any atom is 0.343 e. The molecule has 1 amide bonds. The average Bonchev–Trinajstić information content (AvgIpc) is 3.22. The van der Waals surface area contributed by atoms with Crippen LogP contribution in [0.5, 0.6) is 0 Å². The Bertz CT molecular complexity index is 1120. The second-order valence-corrected chi connectivity index (χ2v) is 10.8. The summed E-state index contributed by atoms with van der Waals surface area (Å²) < 4.78 is 43.4. The Kier molecular flexibility index (Phi) is 7.24. The lowest BCUT2D eigenvalue weighted by Crippen LogP contribution is -2.45. The lowest BCUT2D eigenvalue weighted by atomic mass is 10.1. The fourth-order valence-corrected chi connectivity index (χ4v) is 5.72. The van der Waals surface area contributed by atoms with E-state index in [4.69, 9.17) is 16.3 Å². The van der Waals surface area contributed by atoms with Gasteiger partial charge in [-0.15, -0.1) is 0 Å². The summed E-state index contributed by atoms with van der Waals surface area (Å²) in [7, 11) is -3.18. The molecule has 2 aromatic rings. The minimum absolute atomic E-state index is 0.00245. The molecular formula is C21H25ClFN3O5S. The van der Waals surface area contributed by atoms with Crippen molar-refractivity contribution in [3.05, 3.63) is 46.5 Å². The summed E-state index contributed by atoms with van der Waals surface area (Å²) >= 11 is 6.32. The lowest BCUT2D eigenvalue weighted by Gasteiger charge is -2.29. The van der Waals surface area contributed by atoms with Crippen LogP contribution in [0, 0.1) is 18.7 Å². The molecule has 3 rings (SSSR count). The van der Waals surface area contributed by atoms with Crippen molar-refractivity contribution in [2.45, 2.75) is 33.2 Å². The van der Waals surface area contributed by atoms with Gasteiger partial charge in [-0.1, -0.05) is 25.4 Å². The highest BCUT2D eigenvalue weighted by atomic mass is 35.5. The number of hydrogen-bond donors (Lipinski definition) is 0. The summed E-state index contributed by atoms with van der Waals surface area (Å²) in [6.07, 6.45) is 0.365. The van der Waals surface area contributed by atoms with Gasteiger partial charge in [-0.05, 0) is 43.5 Å². The number of carbonyl (C=O) groups excluding carboxylic acids is 2. The summed E-state index contributed by atoms with van der Waals surface area (Å²) in [6, 6.07) is 4.98. The Balaban J connectivity index is 1.73. The standard InChI is InChI=1S/C21H25ClFN3O5S/c1-13(2)10-25(17-8-9-32(29,30)12-17)18(27)11-31-21(28)19-14(3)24-26(20(19)22)16-6-4-15(23)5-7-16/h4-7,13,17H,8-12H2,1-3H3. The first kappa shape index (κ1) is 24.2. The molecule has 1 atom stereocenters. The van der Waals surface area contributed by atoms with Crippen molar-refractivity contribution in [1.29, 1.82) is 0 Å². The van der Waals surface area contributed by atoms with Crippen molar-refractivity contribution in [3.8, 4) is 5.69 Å². The number of nitrogens with zero attached hydrogens (tertiary/aromatic N) is 3. The molecule has 0 bridgehead atoms. The van der Waals surface area contributed by atoms with Gasteiger partial charge < -0.3 is 9.64 Å². The van der Waals surface area contributed by atoms with Gasteiger partial charge in [0.1, 0.15) is 16.5 Å². The normalized spacial score (nSPS) is 17.5. The van der Waals surface area contributed by atoms with Crippen LogP contribution in [0.15, 0.2) is 24.3 Å². The molecule has 1 aliphatic rings. The molecule has 0 N–H and O–H groups in total. The quantitative estimate of drug-likeness (QED) is 0.559. The minimum atomic E-state index is -3.18. The van der Waals surface area contributed by atoms with Crippen molar-refractivity contribution >= 4 is 33.3 Å². The van der Waals surface area contributed by atoms with E-state index in [9.17, 15) is 22.4 Å². The zero-order valence-electron chi connectivity index (χ0n) is 18.0. The summed E-state index contributed by atoms with van der Waals surface area (Å²) in [5.41, 5.74) is 0.750. The number of carbonyl (C=O) groups is 2. The Morgan fingerprint density at radius 2 is 1.97 bits per heavy atom. The van der Waals surface area contributed by atoms with E-state index in [1.54, 1.807) is 6.92 Å². The maximum absolute atomic E-state index is 13.2. The fourth-order valence-electron chi connectivity index (χ4n) is 3.64. The number of hydrogen-bond acceptors (Lipinski definition) is 6. The van der Waals surface area contributed by atoms with Gasteiger partial charge in [-0.25, -0.2) is 22.3 Å². The number of sulfone groups is 1. The van der Waals surface area contributed by atoms with Crippen molar-refractivity contribution in [2.24, 2.45) is 5.92 Å². The van der Waals surface area contributed by atoms with Gasteiger partial charge in [0.15, 0.2) is 16.4 Å². The molecule has 1 aliphatic heterocycles. The molecule has 0 spiro atoms. The van der Waals surface area contributed by atoms with Crippen LogP contribution in [-0.2, 0) is 19.4 Å². The van der Waals surface area contributed by atoms with Crippen LogP contribution < -0.4 is 0 Å². The zero-order chi connectivity index (χ0) is 23.6. The van der Waals surface area contributed by atoms with E-state index in [2.05, 4.69) is 5.10 Å². The van der Waals surface area contributed by atoms with Gasteiger partial charge in [0, 0.05) is 12.6 Å². The van der Waals surface area contributed by atoms with E-state index in [-0.39, 0.29) is 33.8 Å². The van der Waals surface area contributed by atoms with E-state index < -0.39 is 40.2 Å². The van der Waals surface area contributed by atoms with Gasteiger partial charge in [0.05, 0.1) is 22.9 Å². The molecule has 1 saturated heterocycles. The van der Waals surface area contributed by atoms with E-state index in [0.29, 0.717) is 18.7 Å². The first-order valence-corrected chi connectivity index (χ1v) is 12.4. The van der Waals surface area contributed by atoms with Gasteiger partial charge in [-0.2, -0.15) is 5.10 Å². The molecular weight excluding hydrogens is 461 g/mol. The molecule has 32 heavy (non-hydrogen) atoms. The number of halogens is 2. The highest BCUT2D eigenvalue weighted by Gasteiger charge is 2.35. The first-order valence-electron chi connectivity index (χ1n) is 10.2. The number of esters is 1.